The van der Waals surface area contributed by atoms with Gasteiger partial charge in [0.2, 0.25) is 11.8 Å². The van der Waals surface area contributed by atoms with Crippen molar-refractivity contribution >= 4 is 29.1 Å². The number of aryl methyl sites for hydroxylation is 1. The Hall–Kier alpha value is -2.41. The van der Waals surface area contributed by atoms with Crippen LogP contribution in [0.1, 0.15) is 12.8 Å². The van der Waals surface area contributed by atoms with E-state index in [-0.39, 0.29) is 18.2 Å². The Morgan fingerprint density at radius 3 is 3.04 bits per heavy atom. The first-order valence-electron chi connectivity index (χ1n) is 7.32. The lowest BCUT2D eigenvalue weighted by molar-refractivity contribution is -0.126. The normalized spacial score (nSPS) is 17.5. The minimum Gasteiger partial charge on any atom is -0.344 e. The fraction of sp³-hybridized carbons (Fsp3) is 0.333. The molecule has 1 aliphatic heterocycles. The molecule has 0 bridgehead atoms. The van der Waals surface area contributed by atoms with E-state index in [1.165, 1.54) is 6.33 Å². The van der Waals surface area contributed by atoms with Crippen LogP contribution in [0, 0.1) is 0 Å². The topological polar surface area (TPSA) is 80.1 Å². The lowest BCUT2D eigenvalue weighted by atomic mass is 10.2. The summed E-state index contributed by atoms with van der Waals surface area (Å²) in [6.07, 6.45) is 3.81. The molecule has 0 radical (unpaired) electrons. The van der Waals surface area contributed by atoms with Crippen LogP contribution in [-0.2, 0) is 16.1 Å². The maximum Gasteiger partial charge on any atom is 0.249 e. The number of anilines is 1. The molecule has 2 amide bonds. The zero-order chi connectivity index (χ0) is 16.2. The van der Waals surface area contributed by atoms with E-state index in [9.17, 15) is 9.59 Å². The maximum atomic E-state index is 12.4. The van der Waals surface area contributed by atoms with Crippen molar-refractivity contribution < 1.29 is 9.59 Å². The summed E-state index contributed by atoms with van der Waals surface area (Å²) in [6, 6.07) is 6.65. The van der Waals surface area contributed by atoms with Crippen LogP contribution in [0.2, 0.25) is 5.02 Å². The summed E-state index contributed by atoms with van der Waals surface area (Å²) in [4.78, 5) is 29.9. The Kier molecular flexibility index (Phi) is 4.57. The van der Waals surface area contributed by atoms with Crippen LogP contribution in [0.4, 0.5) is 5.69 Å². The SMILES string of the molecule is O=C(CCn1cncn1)N[C@H]1CCN(c2cccc(Cl)c2)C1=O. The number of hydrogen-bond acceptors (Lipinski definition) is 4. The average Bonchev–Trinajstić information content (AvgIpc) is 3.16. The van der Waals surface area contributed by atoms with Gasteiger partial charge in [0.1, 0.15) is 18.7 Å². The van der Waals surface area contributed by atoms with Crippen LogP contribution in [0.25, 0.3) is 0 Å². The maximum absolute atomic E-state index is 12.4. The van der Waals surface area contributed by atoms with Crippen molar-refractivity contribution in [3.63, 3.8) is 0 Å². The van der Waals surface area contributed by atoms with Crippen LogP contribution in [0.5, 0.6) is 0 Å². The van der Waals surface area contributed by atoms with Gasteiger partial charge in [0.15, 0.2) is 0 Å². The van der Waals surface area contributed by atoms with E-state index >= 15 is 0 Å². The number of rotatable bonds is 5. The van der Waals surface area contributed by atoms with Crippen molar-refractivity contribution in [2.45, 2.75) is 25.4 Å². The quantitative estimate of drug-likeness (QED) is 0.892. The van der Waals surface area contributed by atoms with Gasteiger partial charge in [-0.05, 0) is 24.6 Å². The van der Waals surface area contributed by atoms with Gasteiger partial charge in [-0.15, -0.1) is 0 Å². The molecule has 1 saturated heterocycles. The highest BCUT2D eigenvalue weighted by molar-refractivity contribution is 6.31. The van der Waals surface area contributed by atoms with Crippen LogP contribution in [-0.4, -0.2) is 39.2 Å². The van der Waals surface area contributed by atoms with Gasteiger partial charge < -0.3 is 10.2 Å². The third-order valence-electron chi connectivity index (χ3n) is 3.70. The van der Waals surface area contributed by atoms with Crippen molar-refractivity contribution in [2.24, 2.45) is 0 Å². The van der Waals surface area contributed by atoms with Gasteiger partial charge in [0.05, 0.1) is 6.54 Å². The number of carbonyl (C=O) groups excluding carboxylic acids is 2. The van der Waals surface area contributed by atoms with E-state index in [0.717, 1.165) is 5.69 Å². The van der Waals surface area contributed by atoms with Crippen molar-refractivity contribution in [1.82, 2.24) is 20.1 Å². The molecule has 1 atom stereocenters. The first kappa shape index (κ1) is 15.5. The number of nitrogens with one attached hydrogen (secondary N) is 1. The zero-order valence-electron chi connectivity index (χ0n) is 12.4. The average molecular weight is 334 g/mol. The van der Waals surface area contributed by atoms with Gasteiger partial charge in [0, 0.05) is 23.7 Å². The summed E-state index contributed by atoms with van der Waals surface area (Å²) < 4.78 is 1.58. The molecular weight excluding hydrogens is 318 g/mol. The third-order valence-corrected chi connectivity index (χ3v) is 3.93. The molecule has 0 spiro atoms. The highest BCUT2D eigenvalue weighted by Crippen LogP contribution is 2.24. The summed E-state index contributed by atoms with van der Waals surface area (Å²) in [5, 5.41) is 7.29. The molecule has 3 rings (SSSR count). The molecule has 2 heterocycles. The fourth-order valence-corrected chi connectivity index (χ4v) is 2.73. The van der Waals surface area contributed by atoms with Gasteiger partial charge in [-0.3, -0.25) is 14.3 Å². The molecule has 0 aliphatic carbocycles. The van der Waals surface area contributed by atoms with Gasteiger partial charge in [-0.25, -0.2) is 4.98 Å². The molecule has 0 saturated carbocycles. The number of hydrogen-bond donors (Lipinski definition) is 1. The minimum atomic E-state index is -0.489. The lowest BCUT2D eigenvalue weighted by Crippen LogP contribution is -2.41. The predicted octanol–water partition coefficient (Wildman–Crippen LogP) is 1.24. The molecule has 0 unspecified atom stereocenters. The molecule has 7 nitrogen and oxygen atoms in total. The number of amides is 2. The van der Waals surface area contributed by atoms with Crippen molar-refractivity contribution in [3.05, 3.63) is 41.9 Å². The molecule has 1 aromatic carbocycles. The summed E-state index contributed by atoms with van der Waals surface area (Å²) in [5.41, 5.74) is 0.752. The Labute approximate surface area is 138 Å². The zero-order valence-corrected chi connectivity index (χ0v) is 13.1. The van der Waals surface area contributed by atoms with Gasteiger partial charge >= 0.3 is 0 Å². The van der Waals surface area contributed by atoms with E-state index in [1.807, 2.05) is 6.07 Å². The highest BCUT2D eigenvalue weighted by atomic mass is 35.5. The standard InChI is InChI=1S/C15H16ClN5O2/c16-11-2-1-3-12(8-11)21-7-4-13(15(21)23)19-14(22)5-6-20-10-17-9-18-20/h1-3,8-10,13H,4-7H2,(H,19,22)/t13-/m0/s1. The van der Waals surface area contributed by atoms with E-state index in [2.05, 4.69) is 15.4 Å². The Balaban J connectivity index is 1.55. The molecule has 120 valence electrons. The molecular formula is C15H16ClN5O2. The minimum absolute atomic E-state index is 0.110. The largest absolute Gasteiger partial charge is 0.344 e. The number of aromatic nitrogens is 3. The number of carbonyl (C=O) groups is 2. The monoisotopic (exact) mass is 333 g/mol. The van der Waals surface area contributed by atoms with Crippen LogP contribution in [0.3, 0.4) is 0 Å². The molecule has 1 aromatic heterocycles. The Morgan fingerprint density at radius 2 is 2.30 bits per heavy atom. The molecule has 1 aliphatic rings. The van der Waals surface area contributed by atoms with E-state index in [0.29, 0.717) is 24.5 Å². The molecule has 23 heavy (non-hydrogen) atoms. The lowest BCUT2D eigenvalue weighted by Gasteiger charge is -2.17. The summed E-state index contributed by atoms with van der Waals surface area (Å²) in [6.45, 7) is 0.998. The molecule has 2 aromatic rings. The summed E-state index contributed by atoms with van der Waals surface area (Å²) in [5.74, 6) is -0.284. The molecule has 1 fully saturated rings. The Bertz CT molecular complexity index is 704. The number of halogens is 1. The Morgan fingerprint density at radius 1 is 1.43 bits per heavy atom. The molecule has 8 heteroatoms. The number of benzene rings is 1. The first-order valence-corrected chi connectivity index (χ1v) is 7.70. The van der Waals surface area contributed by atoms with Crippen LogP contribution < -0.4 is 10.2 Å². The van der Waals surface area contributed by atoms with Crippen molar-refractivity contribution in [2.75, 3.05) is 11.4 Å². The van der Waals surface area contributed by atoms with Crippen molar-refractivity contribution in [3.8, 4) is 0 Å². The smallest absolute Gasteiger partial charge is 0.249 e. The predicted molar refractivity (Wildman–Crippen MR) is 85.0 cm³/mol. The third kappa shape index (κ3) is 3.68. The number of nitrogens with zero attached hydrogens (tertiary/aromatic N) is 4. The van der Waals surface area contributed by atoms with E-state index in [4.69, 9.17) is 11.6 Å². The van der Waals surface area contributed by atoms with E-state index < -0.39 is 6.04 Å². The first-order chi connectivity index (χ1) is 11.1. The summed E-state index contributed by atoms with van der Waals surface area (Å²) >= 11 is 5.96. The van der Waals surface area contributed by atoms with Crippen LogP contribution in [0.15, 0.2) is 36.9 Å². The summed E-state index contributed by atoms with van der Waals surface area (Å²) in [7, 11) is 0. The second-order valence-corrected chi connectivity index (χ2v) is 5.72. The van der Waals surface area contributed by atoms with E-state index in [1.54, 1.807) is 34.1 Å². The fourth-order valence-electron chi connectivity index (χ4n) is 2.55. The highest BCUT2D eigenvalue weighted by Gasteiger charge is 2.33. The van der Waals surface area contributed by atoms with Crippen molar-refractivity contribution in [1.29, 1.82) is 0 Å². The van der Waals surface area contributed by atoms with Crippen LogP contribution >= 0.6 is 11.6 Å². The van der Waals surface area contributed by atoms with Gasteiger partial charge in [-0.2, -0.15) is 5.10 Å². The van der Waals surface area contributed by atoms with Gasteiger partial charge in [0.25, 0.3) is 0 Å². The van der Waals surface area contributed by atoms with Gasteiger partial charge in [-0.1, -0.05) is 17.7 Å². The second kappa shape index (κ2) is 6.78. The second-order valence-electron chi connectivity index (χ2n) is 5.29. The molecule has 1 N–H and O–H groups in total.